The number of fused-ring (bicyclic) bond motifs is 1. The van der Waals surface area contributed by atoms with E-state index >= 15 is 0 Å². The van der Waals surface area contributed by atoms with Gasteiger partial charge in [-0.15, -0.1) is 0 Å². The molecule has 4 heteroatoms. The van der Waals surface area contributed by atoms with Crippen molar-refractivity contribution < 1.29 is 14.2 Å². The molecule has 1 aromatic carbocycles. The fourth-order valence-electron chi connectivity index (χ4n) is 2.65. The van der Waals surface area contributed by atoms with E-state index in [-0.39, 0.29) is 11.6 Å². The average Bonchev–Trinajstić information content (AvgIpc) is 3.04. The Bertz CT molecular complexity index is 455. The van der Waals surface area contributed by atoms with E-state index < -0.39 is 0 Å². The average molecular weight is 263 g/mol. The van der Waals surface area contributed by atoms with E-state index in [0.717, 1.165) is 37.5 Å². The Balaban J connectivity index is 1.62. The molecule has 2 atom stereocenters. The molecule has 4 nitrogen and oxygen atoms in total. The Morgan fingerprint density at radius 3 is 2.95 bits per heavy atom. The molecule has 2 heterocycles. The zero-order valence-electron chi connectivity index (χ0n) is 11.6. The quantitative estimate of drug-likeness (QED) is 0.906. The third kappa shape index (κ3) is 2.69. The van der Waals surface area contributed by atoms with Crippen LogP contribution in [0.4, 0.5) is 0 Å². The molecule has 2 aliphatic heterocycles. The van der Waals surface area contributed by atoms with Crippen molar-refractivity contribution >= 4 is 0 Å². The molecule has 104 valence electrons. The Hall–Kier alpha value is -1.26. The van der Waals surface area contributed by atoms with Gasteiger partial charge in [-0.3, -0.25) is 0 Å². The normalized spacial score (nSPS) is 26.6. The monoisotopic (exact) mass is 263 g/mol. The summed E-state index contributed by atoms with van der Waals surface area (Å²) in [6.45, 7) is 6.43. The molecule has 19 heavy (non-hydrogen) atoms. The summed E-state index contributed by atoms with van der Waals surface area (Å²) in [6, 6.07) is 6.39. The molecule has 3 rings (SSSR count). The minimum atomic E-state index is -0.00933. The smallest absolute Gasteiger partial charge is 0.231 e. The summed E-state index contributed by atoms with van der Waals surface area (Å²) < 4.78 is 16.5. The predicted octanol–water partition coefficient (Wildman–Crippen LogP) is 2.64. The molecule has 0 bridgehead atoms. The zero-order chi connectivity index (χ0) is 13.3. The number of hydrogen-bond acceptors (Lipinski definition) is 4. The van der Waals surface area contributed by atoms with E-state index in [1.807, 2.05) is 6.07 Å². The van der Waals surface area contributed by atoms with Gasteiger partial charge in [0.05, 0.1) is 5.60 Å². The maximum Gasteiger partial charge on any atom is 0.231 e. The van der Waals surface area contributed by atoms with Gasteiger partial charge in [0.15, 0.2) is 11.5 Å². The molecule has 0 amide bonds. The van der Waals surface area contributed by atoms with Crippen molar-refractivity contribution in [3.8, 4) is 11.5 Å². The molecule has 1 N–H and O–H groups in total. The summed E-state index contributed by atoms with van der Waals surface area (Å²) in [5.41, 5.74) is 1.20. The lowest BCUT2D eigenvalue weighted by Gasteiger charge is -2.26. The number of ether oxygens (including phenoxy) is 3. The van der Waals surface area contributed by atoms with E-state index in [0.29, 0.717) is 6.79 Å². The van der Waals surface area contributed by atoms with Crippen LogP contribution in [0.25, 0.3) is 0 Å². The SMILES string of the molecule is CC(NCC1(C)CCCO1)c1ccc2c(c1)OCO2. The van der Waals surface area contributed by atoms with E-state index in [1.165, 1.54) is 5.56 Å². The molecule has 0 aliphatic carbocycles. The number of nitrogens with one attached hydrogen (secondary N) is 1. The third-order valence-electron chi connectivity index (χ3n) is 3.98. The zero-order valence-corrected chi connectivity index (χ0v) is 11.6. The van der Waals surface area contributed by atoms with E-state index in [1.54, 1.807) is 0 Å². The summed E-state index contributed by atoms with van der Waals surface area (Å²) in [5, 5.41) is 3.55. The van der Waals surface area contributed by atoms with Crippen LogP contribution in [0.15, 0.2) is 18.2 Å². The fraction of sp³-hybridized carbons (Fsp3) is 0.600. The van der Waals surface area contributed by atoms with E-state index in [4.69, 9.17) is 14.2 Å². The van der Waals surface area contributed by atoms with Gasteiger partial charge < -0.3 is 19.5 Å². The van der Waals surface area contributed by atoms with E-state index in [2.05, 4.69) is 31.3 Å². The van der Waals surface area contributed by atoms with Crippen molar-refractivity contribution in [2.75, 3.05) is 19.9 Å². The van der Waals surface area contributed by atoms with Crippen LogP contribution in [-0.4, -0.2) is 25.5 Å². The highest BCUT2D eigenvalue weighted by Gasteiger charge is 2.29. The lowest BCUT2D eigenvalue weighted by atomic mass is 10.0. The van der Waals surface area contributed by atoms with Gasteiger partial charge >= 0.3 is 0 Å². The second-order valence-electron chi connectivity index (χ2n) is 5.62. The summed E-state index contributed by atoms with van der Waals surface area (Å²) in [7, 11) is 0. The van der Waals surface area contributed by atoms with E-state index in [9.17, 15) is 0 Å². The number of rotatable bonds is 4. The Kier molecular flexibility index (Phi) is 3.37. The summed E-state index contributed by atoms with van der Waals surface area (Å²) in [4.78, 5) is 0. The van der Waals surface area contributed by atoms with Gasteiger partial charge in [-0.2, -0.15) is 0 Å². The standard InChI is InChI=1S/C15H21NO3/c1-11(16-9-15(2)6-3-7-19-15)12-4-5-13-14(8-12)18-10-17-13/h4-5,8,11,16H,3,6-7,9-10H2,1-2H3. The van der Waals surface area contributed by atoms with Gasteiger partial charge in [0.1, 0.15) is 0 Å². The van der Waals surface area contributed by atoms with Crippen LogP contribution >= 0.6 is 0 Å². The van der Waals surface area contributed by atoms with Crippen molar-refractivity contribution in [3.63, 3.8) is 0 Å². The van der Waals surface area contributed by atoms with Gasteiger partial charge in [-0.05, 0) is 44.4 Å². The van der Waals surface area contributed by atoms with Crippen LogP contribution in [0.1, 0.15) is 38.3 Å². The molecule has 0 radical (unpaired) electrons. The van der Waals surface area contributed by atoms with Gasteiger partial charge in [0.25, 0.3) is 0 Å². The molecule has 2 unspecified atom stereocenters. The Morgan fingerprint density at radius 1 is 1.32 bits per heavy atom. The highest BCUT2D eigenvalue weighted by atomic mass is 16.7. The van der Waals surface area contributed by atoms with Crippen molar-refractivity contribution in [2.24, 2.45) is 0 Å². The second kappa shape index (κ2) is 5.02. The van der Waals surface area contributed by atoms with Gasteiger partial charge in [-0.25, -0.2) is 0 Å². The molecule has 0 aromatic heterocycles. The Labute approximate surface area is 114 Å². The first-order valence-corrected chi connectivity index (χ1v) is 6.93. The van der Waals surface area contributed by atoms with Crippen molar-refractivity contribution in [1.29, 1.82) is 0 Å². The lowest BCUT2D eigenvalue weighted by Crippen LogP contribution is -2.38. The van der Waals surface area contributed by atoms with Gasteiger partial charge in [0, 0.05) is 19.2 Å². The minimum Gasteiger partial charge on any atom is -0.454 e. The van der Waals surface area contributed by atoms with Crippen LogP contribution in [0.5, 0.6) is 11.5 Å². The predicted molar refractivity (Wildman–Crippen MR) is 72.6 cm³/mol. The second-order valence-corrected chi connectivity index (χ2v) is 5.62. The van der Waals surface area contributed by atoms with Crippen LogP contribution in [-0.2, 0) is 4.74 Å². The first-order valence-electron chi connectivity index (χ1n) is 6.93. The lowest BCUT2D eigenvalue weighted by molar-refractivity contribution is 0.0191. The van der Waals surface area contributed by atoms with Gasteiger partial charge in [0.2, 0.25) is 6.79 Å². The summed E-state index contributed by atoms with van der Waals surface area (Å²) in [5.74, 6) is 1.68. The first kappa shape index (κ1) is 12.8. The molecule has 0 spiro atoms. The van der Waals surface area contributed by atoms with Crippen molar-refractivity contribution in [3.05, 3.63) is 23.8 Å². The highest BCUT2D eigenvalue weighted by Crippen LogP contribution is 2.34. The van der Waals surface area contributed by atoms with Crippen molar-refractivity contribution in [1.82, 2.24) is 5.32 Å². The molecule has 1 fully saturated rings. The molecular weight excluding hydrogens is 242 g/mol. The van der Waals surface area contributed by atoms with Crippen molar-refractivity contribution in [2.45, 2.75) is 38.3 Å². The number of hydrogen-bond donors (Lipinski definition) is 1. The highest BCUT2D eigenvalue weighted by molar-refractivity contribution is 5.45. The molecule has 1 saturated heterocycles. The first-order chi connectivity index (χ1) is 9.16. The third-order valence-corrected chi connectivity index (χ3v) is 3.98. The van der Waals surface area contributed by atoms with Crippen LogP contribution in [0.3, 0.4) is 0 Å². The minimum absolute atomic E-state index is 0.00933. The molecule has 1 aromatic rings. The number of benzene rings is 1. The van der Waals surface area contributed by atoms with Gasteiger partial charge in [-0.1, -0.05) is 6.07 Å². The molecular formula is C15H21NO3. The van der Waals surface area contributed by atoms with Crippen LogP contribution in [0.2, 0.25) is 0 Å². The Morgan fingerprint density at radius 2 is 2.16 bits per heavy atom. The van der Waals surface area contributed by atoms with Crippen LogP contribution < -0.4 is 14.8 Å². The topological polar surface area (TPSA) is 39.7 Å². The molecule has 0 saturated carbocycles. The fourth-order valence-corrected chi connectivity index (χ4v) is 2.65. The maximum atomic E-state index is 5.79. The maximum absolute atomic E-state index is 5.79. The van der Waals surface area contributed by atoms with Crippen LogP contribution in [0, 0.1) is 0 Å². The largest absolute Gasteiger partial charge is 0.454 e. The summed E-state index contributed by atoms with van der Waals surface area (Å²) >= 11 is 0. The molecule has 2 aliphatic rings. The summed E-state index contributed by atoms with van der Waals surface area (Å²) in [6.07, 6.45) is 2.30.